The first-order valence-electron chi connectivity index (χ1n) is 6.48. The van der Waals surface area contributed by atoms with E-state index < -0.39 is 20.6 Å². The van der Waals surface area contributed by atoms with E-state index in [4.69, 9.17) is 4.74 Å². The highest BCUT2D eigenvalue weighted by molar-refractivity contribution is 7.93. The number of rotatable bonds is 2. The Balaban J connectivity index is 2.09. The molecule has 2 fully saturated rings. The summed E-state index contributed by atoms with van der Waals surface area (Å²) in [7, 11) is -3.67. The van der Waals surface area contributed by atoms with Gasteiger partial charge < -0.3 is 4.74 Å². The largest absolute Gasteiger partial charge is 0.461 e. The lowest BCUT2D eigenvalue weighted by Gasteiger charge is -2.27. The molecule has 0 spiro atoms. The Labute approximate surface area is 112 Å². The number of benzene rings is 1. The second-order valence-electron chi connectivity index (χ2n) is 5.43. The van der Waals surface area contributed by atoms with Crippen LogP contribution in [-0.2, 0) is 19.4 Å². The van der Waals surface area contributed by atoms with Crippen LogP contribution in [0.15, 0.2) is 29.2 Å². The number of sulfone groups is 1. The fourth-order valence-electron chi connectivity index (χ4n) is 3.03. The van der Waals surface area contributed by atoms with Crippen molar-refractivity contribution in [2.45, 2.75) is 48.4 Å². The monoisotopic (exact) mass is 280 g/mol. The second kappa shape index (κ2) is 4.07. The van der Waals surface area contributed by atoms with Gasteiger partial charge in [-0.2, -0.15) is 0 Å². The Morgan fingerprint density at radius 1 is 1.26 bits per heavy atom. The number of fused-ring (bicyclic) bond motifs is 2. The van der Waals surface area contributed by atoms with E-state index in [0.29, 0.717) is 12.8 Å². The fourth-order valence-corrected chi connectivity index (χ4v) is 5.06. The lowest BCUT2D eigenvalue weighted by molar-refractivity contribution is -0.142. The molecule has 0 aromatic heterocycles. The highest BCUT2D eigenvalue weighted by Crippen LogP contribution is 2.45. The van der Waals surface area contributed by atoms with Gasteiger partial charge in [0.1, 0.15) is 6.10 Å². The lowest BCUT2D eigenvalue weighted by Crippen LogP contribution is -2.44. The van der Waals surface area contributed by atoms with E-state index in [1.807, 2.05) is 6.92 Å². The van der Waals surface area contributed by atoms with Gasteiger partial charge in [-0.1, -0.05) is 17.7 Å². The fraction of sp³-hybridized carbons (Fsp3) is 0.500. The Morgan fingerprint density at radius 3 is 2.63 bits per heavy atom. The molecule has 3 rings (SSSR count). The van der Waals surface area contributed by atoms with Gasteiger partial charge in [0.15, 0.2) is 14.6 Å². The molecule has 1 aromatic carbocycles. The third-order valence-electron chi connectivity index (χ3n) is 4.16. The predicted octanol–water partition coefficient (Wildman–Crippen LogP) is 2.01. The molecule has 0 amide bonds. The summed E-state index contributed by atoms with van der Waals surface area (Å²) in [5, 5.41) is 0. The summed E-state index contributed by atoms with van der Waals surface area (Å²) in [6, 6.07) is 6.66. The smallest absolute Gasteiger partial charge is 0.328 e. The topological polar surface area (TPSA) is 60.4 Å². The first kappa shape index (κ1) is 12.7. The third-order valence-corrected chi connectivity index (χ3v) is 6.61. The molecule has 2 atom stereocenters. The molecule has 4 nitrogen and oxygen atoms in total. The number of carbonyl (C=O) groups excluding carboxylic acids is 1. The van der Waals surface area contributed by atoms with Crippen molar-refractivity contribution in [2.24, 2.45) is 0 Å². The number of aryl methyl sites for hydroxylation is 1. The Kier molecular flexibility index (Phi) is 2.71. The van der Waals surface area contributed by atoms with E-state index in [-0.39, 0.29) is 11.0 Å². The van der Waals surface area contributed by atoms with E-state index in [2.05, 4.69) is 0 Å². The summed E-state index contributed by atoms with van der Waals surface area (Å²) in [5.41, 5.74) is 0.993. The van der Waals surface area contributed by atoms with Gasteiger partial charge in [0, 0.05) is 6.42 Å². The molecule has 0 N–H and O–H groups in total. The summed E-state index contributed by atoms with van der Waals surface area (Å²) in [5.74, 6) is -0.560. The molecular formula is C14H16O4S. The predicted molar refractivity (Wildman–Crippen MR) is 69.4 cm³/mol. The zero-order valence-electron chi connectivity index (χ0n) is 10.8. The minimum Gasteiger partial charge on any atom is -0.461 e. The molecule has 0 radical (unpaired) electrons. The Morgan fingerprint density at radius 2 is 1.95 bits per heavy atom. The average Bonchev–Trinajstić information content (AvgIpc) is 2.61. The maximum atomic E-state index is 12.8. The summed E-state index contributed by atoms with van der Waals surface area (Å²) in [4.78, 5) is 12.3. The van der Waals surface area contributed by atoms with Gasteiger partial charge in [-0.25, -0.2) is 8.42 Å². The highest BCUT2D eigenvalue weighted by Gasteiger charge is 2.60. The van der Waals surface area contributed by atoms with Crippen LogP contribution < -0.4 is 0 Å². The minimum absolute atomic E-state index is 0.220. The van der Waals surface area contributed by atoms with Crippen molar-refractivity contribution >= 4 is 15.8 Å². The average molecular weight is 280 g/mol. The quantitative estimate of drug-likeness (QED) is 0.777. The number of hydrogen-bond acceptors (Lipinski definition) is 4. The van der Waals surface area contributed by atoms with Gasteiger partial charge in [-0.15, -0.1) is 0 Å². The van der Waals surface area contributed by atoms with Crippen LogP contribution in [0.5, 0.6) is 0 Å². The molecule has 1 heterocycles. The SMILES string of the molecule is Cc1ccc(S(=O)(=O)[C@@]23CCC[C@@H](C2)OC3=O)cc1. The van der Waals surface area contributed by atoms with Crippen molar-refractivity contribution in [3.8, 4) is 0 Å². The maximum absolute atomic E-state index is 12.8. The molecule has 2 aliphatic rings. The standard InChI is InChI=1S/C14H16O4S/c1-10-4-6-12(7-5-10)19(16,17)14-8-2-3-11(9-14)18-13(14)15/h4-7,11H,2-3,8-9H2,1H3/t11-,14-/m0/s1. The molecular weight excluding hydrogens is 264 g/mol. The van der Waals surface area contributed by atoms with Gasteiger partial charge in [0.2, 0.25) is 0 Å². The minimum atomic E-state index is -3.67. The molecule has 1 saturated carbocycles. The normalized spacial score (nSPS) is 30.2. The second-order valence-corrected chi connectivity index (χ2v) is 7.69. The summed E-state index contributed by atoms with van der Waals surface area (Å²) < 4.78 is 29.4. The van der Waals surface area contributed by atoms with Gasteiger partial charge in [0.25, 0.3) is 0 Å². The molecule has 0 unspecified atom stereocenters. The van der Waals surface area contributed by atoms with Crippen molar-refractivity contribution in [1.82, 2.24) is 0 Å². The molecule has 19 heavy (non-hydrogen) atoms. The van der Waals surface area contributed by atoms with Crippen LogP contribution in [0.4, 0.5) is 0 Å². The molecule has 2 bridgehead atoms. The zero-order valence-corrected chi connectivity index (χ0v) is 11.6. The summed E-state index contributed by atoms with van der Waals surface area (Å²) in [6.45, 7) is 1.90. The van der Waals surface area contributed by atoms with Crippen LogP contribution in [0.25, 0.3) is 0 Å². The maximum Gasteiger partial charge on any atom is 0.328 e. The van der Waals surface area contributed by atoms with Crippen LogP contribution in [-0.4, -0.2) is 25.2 Å². The summed E-state index contributed by atoms with van der Waals surface area (Å²) >= 11 is 0. The molecule has 1 aromatic rings. The Hall–Kier alpha value is -1.36. The Bertz CT molecular complexity index is 617. The number of carbonyl (C=O) groups is 1. The highest BCUT2D eigenvalue weighted by atomic mass is 32.2. The van der Waals surface area contributed by atoms with Crippen LogP contribution in [0, 0.1) is 6.92 Å². The number of esters is 1. The van der Waals surface area contributed by atoms with Crippen LogP contribution >= 0.6 is 0 Å². The van der Waals surface area contributed by atoms with E-state index in [0.717, 1.165) is 18.4 Å². The third kappa shape index (κ3) is 1.71. The number of ether oxygens (including phenoxy) is 1. The molecule has 1 aliphatic heterocycles. The van der Waals surface area contributed by atoms with Gasteiger partial charge >= 0.3 is 5.97 Å². The van der Waals surface area contributed by atoms with Gasteiger partial charge in [-0.05, 0) is 38.3 Å². The van der Waals surface area contributed by atoms with Crippen LogP contribution in [0.3, 0.4) is 0 Å². The molecule has 102 valence electrons. The first-order chi connectivity index (χ1) is 8.96. The van der Waals surface area contributed by atoms with Crippen molar-refractivity contribution in [3.05, 3.63) is 29.8 Å². The van der Waals surface area contributed by atoms with Crippen LogP contribution in [0.2, 0.25) is 0 Å². The number of hydrogen-bond donors (Lipinski definition) is 0. The first-order valence-corrected chi connectivity index (χ1v) is 7.96. The lowest BCUT2D eigenvalue weighted by atomic mass is 9.89. The molecule has 1 saturated heterocycles. The van der Waals surface area contributed by atoms with Crippen molar-refractivity contribution < 1.29 is 17.9 Å². The molecule has 1 aliphatic carbocycles. The van der Waals surface area contributed by atoms with Gasteiger partial charge in [0.05, 0.1) is 4.90 Å². The summed E-state index contributed by atoms with van der Waals surface area (Å²) in [6.07, 6.45) is 1.96. The van der Waals surface area contributed by atoms with Crippen molar-refractivity contribution in [2.75, 3.05) is 0 Å². The van der Waals surface area contributed by atoms with E-state index in [1.165, 1.54) is 0 Å². The van der Waals surface area contributed by atoms with E-state index in [1.54, 1.807) is 24.3 Å². The zero-order chi connectivity index (χ0) is 13.7. The van der Waals surface area contributed by atoms with E-state index in [9.17, 15) is 13.2 Å². The van der Waals surface area contributed by atoms with Crippen molar-refractivity contribution in [1.29, 1.82) is 0 Å². The van der Waals surface area contributed by atoms with Crippen LogP contribution in [0.1, 0.15) is 31.2 Å². The van der Waals surface area contributed by atoms with Crippen molar-refractivity contribution in [3.63, 3.8) is 0 Å². The van der Waals surface area contributed by atoms with E-state index >= 15 is 0 Å². The van der Waals surface area contributed by atoms with Gasteiger partial charge in [-0.3, -0.25) is 4.79 Å². The molecule has 5 heteroatoms.